The molecule has 1 unspecified atom stereocenters. The van der Waals surface area contributed by atoms with Gasteiger partial charge in [0.1, 0.15) is 29.0 Å². The number of benzene rings is 1. The summed E-state index contributed by atoms with van der Waals surface area (Å²) in [6, 6.07) is 7.26. The van der Waals surface area contributed by atoms with E-state index in [0.717, 1.165) is 23.6 Å². The number of rotatable bonds is 10. The van der Waals surface area contributed by atoms with E-state index in [9.17, 15) is 4.79 Å². The van der Waals surface area contributed by atoms with E-state index in [-0.39, 0.29) is 31.1 Å². The number of aliphatic hydroxyl groups is 1. The van der Waals surface area contributed by atoms with Gasteiger partial charge >= 0.3 is 0 Å². The Morgan fingerprint density at radius 3 is 2.86 bits per heavy atom. The molecule has 1 aliphatic rings. The molecule has 3 N–H and O–H groups in total. The van der Waals surface area contributed by atoms with E-state index in [0.29, 0.717) is 46.5 Å². The van der Waals surface area contributed by atoms with Crippen molar-refractivity contribution in [3.8, 4) is 17.2 Å². The van der Waals surface area contributed by atoms with Crippen molar-refractivity contribution in [2.24, 2.45) is 5.92 Å². The van der Waals surface area contributed by atoms with Gasteiger partial charge in [-0.25, -0.2) is 15.0 Å². The Bertz CT molecular complexity index is 1370. The number of ether oxygens (including phenoxy) is 2. The Morgan fingerprint density at radius 1 is 1.23 bits per heavy atom. The van der Waals surface area contributed by atoms with Crippen molar-refractivity contribution >= 4 is 39.4 Å². The fourth-order valence-corrected chi connectivity index (χ4v) is 3.82. The maximum atomic E-state index is 12.3. The summed E-state index contributed by atoms with van der Waals surface area (Å²) in [4.78, 5) is 25.8. The van der Waals surface area contributed by atoms with Gasteiger partial charge in [-0.3, -0.25) is 4.79 Å². The minimum Gasteiger partial charge on any atom is -0.488 e. The molecule has 0 radical (unpaired) electrons. The highest BCUT2D eigenvalue weighted by molar-refractivity contribution is 6.03. The molecule has 0 bridgehead atoms. The first kappa shape index (κ1) is 23.0. The molecule has 182 valence electrons. The lowest BCUT2D eigenvalue weighted by molar-refractivity contribution is -0.117. The van der Waals surface area contributed by atoms with Gasteiger partial charge in [-0.2, -0.15) is 0 Å². The van der Waals surface area contributed by atoms with Crippen LogP contribution in [-0.2, 0) is 9.53 Å². The van der Waals surface area contributed by atoms with Gasteiger partial charge < -0.3 is 29.6 Å². The molecule has 10 heteroatoms. The molecule has 4 aromatic rings. The number of carbonyl (C=O) groups is 1. The molecule has 3 heterocycles. The van der Waals surface area contributed by atoms with E-state index >= 15 is 0 Å². The first-order chi connectivity index (χ1) is 17.1. The van der Waals surface area contributed by atoms with Crippen LogP contribution in [0.2, 0.25) is 0 Å². The van der Waals surface area contributed by atoms with E-state index in [1.54, 1.807) is 19.4 Å². The van der Waals surface area contributed by atoms with Crippen molar-refractivity contribution in [1.29, 1.82) is 0 Å². The Labute approximate surface area is 201 Å². The smallest absolute Gasteiger partial charge is 0.229 e. The second-order valence-corrected chi connectivity index (χ2v) is 8.52. The highest BCUT2D eigenvalue weighted by Gasteiger charge is 2.30. The quantitative estimate of drug-likeness (QED) is 0.293. The number of oxazole rings is 1. The molecular formula is C25H27N5O5. The topological polar surface area (TPSA) is 132 Å². The molecule has 1 aromatic carbocycles. The Balaban J connectivity index is 1.46. The fraction of sp³-hybridized carbons (Fsp3) is 0.360. The standard InChI is InChI=1S/C25H27N5O5/c1-14(13-33-8-7-31)34-16-5-6-21-20(9-16)29-25(35-21)19-12-28-23(26-2)18-11-27-22(10-17(18)19)30-24(32)15-3-4-15/h5-6,9-12,14-15,31H,3-4,7-8,13H2,1-2H3,(H,26,28)(H,27,30,32). The maximum Gasteiger partial charge on any atom is 0.229 e. The number of fused-ring (bicyclic) bond motifs is 2. The maximum absolute atomic E-state index is 12.3. The van der Waals surface area contributed by atoms with Crippen molar-refractivity contribution in [1.82, 2.24) is 15.0 Å². The molecule has 5 rings (SSSR count). The number of amides is 1. The van der Waals surface area contributed by atoms with Crippen molar-refractivity contribution < 1.29 is 23.8 Å². The van der Waals surface area contributed by atoms with Gasteiger partial charge in [-0.1, -0.05) is 0 Å². The number of anilines is 2. The molecule has 0 spiro atoms. The number of hydrogen-bond donors (Lipinski definition) is 3. The summed E-state index contributed by atoms with van der Waals surface area (Å²) >= 11 is 0. The van der Waals surface area contributed by atoms with Gasteiger partial charge in [0.15, 0.2) is 5.58 Å². The number of nitrogens with one attached hydrogen (secondary N) is 2. The molecule has 35 heavy (non-hydrogen) atoms. The Hall–Kier alpha value is -3.76. The molecule has 1 amide bonds. The molecule has 0 aliphatic heterocycles. The first-order valence-electron chi connectivity index (χ1n) is 11.6. The predicted molar refractivity (Wildman–Crippen MR) is 131 cm³/mol. The third-order valence-electron chi connectivity index (χ3n) is 5.72. The fourth-order valence-electron chi connectivity index (χ4n) is 3.82. The zero-order chi connectivity index (χ0) is 24.4. The zero-order valence-corrected chi connectivity index (χ0v) is 19.6. The van der Waals surface area contributed by atoms with Gasteiger partial charge in [0.25, 0.3) is 0 Å². The summed E-state index contributed by atoms with van der Waals surface area (Å²) in [7, 11) is 1.79. The molecule has 1 atom stereocenters. The average Bonchev–Trinajstić information content (AvgIpc) is 3.63. The van der Waals surface area contributed by atoms with E-state index in [1.165, 1.54) is 0 Å². The second-order valence-electron chi connectivity index (χ2n) is 8.52. The van der Waals surface area contributed by atoms with Crippen LogP contribution in [0.25, 0.3) is 33.3 Å². The van der Waals surface area contributed by atoms with Crippen molar-refractivity contribution in [2.75, 3.05) is 37.5 Å². The van der Waals surface area contributed by atoms with E-state index in [4.69, 9.17) is 19.0 Å². The summed E-state index contributed by atoms with van der Waals surface area (Å²) in [5.41, 5.74) is 1.94. The summed E-state index contributed by atoms with van der Waals surface area (Å²) in [5, 5.41) is 16.4. The summed E-state index contributed by atoms with van der Waals surface area (Å²) in [5.74, 6) is 2.26. The Kier molecular flexibility index (Phi) is 6.47. The van der Waals surface area contributed by atoms with Crippen LogP contribution >= 0.6 is 0 Å². The monoisotopic (exact) mass is 477 g/mol. The molecule has 3 aromatic heterocycles. The van der Waals surface area contributed by atoms with E-state index < -0.39 is 0 Å². The summed E-state index contributed by atoms with van der Waals surface area (Å²) in [6.07, 6.45) is 5.03. The lowest BCUT2D eigenvalue weighted by atomic mass is 10.1. The number of aliphatic hydroxyl groups excluding tert-OH is 1. The van der Waals surface area contributed by atoms with Crippen LogP contribution in [0.3, 0.4) is 0 Å². The summed E-state index contributed by atoms with van der Waals surface area (Å²) < 4.78 is 17.3. The van der Waals surface area contributed by atoms with Crippen LogP contribution in [0.4, 0.5) is 11.6 Å². The lowest BCUT2D eigenvalue weighted by Crippen LogP contribution is -2.20. The van der Waals surface area contributed by atoms with Crippen LogP contribution in [0.5, 0.6) is 5.75 Å². The number of pyridine rings is 2. The first-order valence-corrected chi connectivity index (χ1v) is 11.6. The van der Waals surface area contributed by atoms with Crippen molar-refractivity contribution in [3.63, 3.8) is 0 Å². The van der Waals surface area contributed by atoms with Gasteiger partial charge in [0.2, 0.25) is 11.8 Å². The molecular weight excluding hydrogens is 450 g/mol. The Morgan fingerprint density at radius 2 is 2.09 bits per heavy atom. The molecule has 0 saturated heterocycles. The number of hydrogen-bond acceptors (Lipinski definition) is 9. The summed E-state index contributed by atoms with van der Waals surface area (Å²) in [6.45, 7) is 2.51. The lowest BCUT2D eigenvalue weighted by Gasteiger charge is -2.14. The number of nitrogens with zero attached hydrogens (tertiary/aromatic N) is 3. The van der Waals surface area contributed by atoms with Gasteiger partial charge in [-0.15, -0.1) is 0 Å². The third-order valence-corrected chi connectivity index (χ3v) is 5.72. The molecule has 1 fully saturated rings. The van der Waals surface area contributed by atoms with Gasteiger partial charge in [0.05, 0.1) is 25.4 Å². The van der Waals surface area contributed by atoms with Crippen molar-refractivity contribution in [2.45, 2.75) is 25.9 Å². The van der Waals surface area contributed by atoms with Crippen LogP contribution in [0.1, 0.15) is 19.8 Å². The molecule has 1 saturated carbocycles. The average molecular weight is 478 g/mol. The minimum absolute atomic E-state index is 0.00771. The highest BCUT2D eigenvalue weighted by Crippen LogP contribution is 2.35. The highest BCUT2D eigenvalue weighted by atomic mass is 16.5. The van der Waals surface area contributed by atoms with E-state index in [1.807, 2.05) is 31.2 Å². The number of aromatic nitrogens is 3. The molecule has 1 aliphatic carbocycles. The van der Waals surface area contributed by atoms with E-state index in [2.05, 4.69) is 25.6 Å². The molecule has 10 nitrogen and oxygen atoms in total. The van der Waals surface area contributed by atoms with Crippen molar-refractivity contribution in [3.05, 3.63) is 36.7 Å². The second kappa shape index (κ2) is 9.85. The normalized spacial score (nSPS) is 14.3. The van der Waals surface area contributed by atoms with Crippen LogP contribution in [0, 0.1) is 5.92 Å². The largest absolute Gasteiger partial charge is 0.488 e. The van der Waals surface area contributed by atoms with Crippen LogP contribution in [0.15, 0.2) is 41.1 Å². The van der Waals surface area contributed by atoms with Gasteiger partial charge in [-0.05, 0) is 38.0 Å². The van der Waals surface area contributed by atoms with Crippen LogP contribution < -0.4 is 15.4 Å². The third kappa shape index (κ3) is 5.03. The zero-order valence-electron chi connectivity index (χ0n) is 19.6. The minimum atomic E-state index is -0.190. The SMILES string of the molecule is CNc1ncc(-c2nc3cc(OC(C)COCCO)ccc3o2)c2cc(NC(=O)C3CC3)ncc12. The van der Waals surface area contributed by atoms with Crippen LogP contribution in [-0.4, -0.2) is 58.9 Å². The number of carbonyl (C=O) groups excluding carboxylic acids is 1. The predicted octanol–water partition coefficient (Wildman–Crippen LogP) is 3.60. The van der Waals surface area contributed by atoms with Gasteiger partial charge in [0, 0.05) is 42.2 Å².